The summed E-state index contributed by atoms with van der Waals surface area (Å²) in [6.07, 6.45) is 4.31. The summed E-state index contributed by atoms with van der Waals surface area (Å²) in [7, 11) is 4.00. The highest BCUT2D eigenvalue weighted by molar-refractivity contribution is 5.82. The van der Waals surface area contributed by atoms with Gasteiger partial charge in [-0.05, 0) is 62.9 Å². The van der Waals surface area contributed by atoms with Gasteiger partial charge in [0.15, 0.2) is 0 Å². The number of carbonyl (C=O) groups excluding carboxylic acids is 1. The van der Waals surface area contributed by atoms with Gasteiger partial charge < -0.3 is 15.0 Å². The van der Waals surface area contributed by atoms with Gasteiger partial charge >= 0.3 is 0 Å². The van der Waals surface area contributed by atoms with Gasteiger partial charge in [-0.2, -0.15) is 0 Å². The zero-order valence-corrected chi connectivity index (χ0v) is 16.5. The summed E-state index contributed by atoms with van der Waals surface area (Å²) in [6, 6.07) is 8.15. The maximum Gasteiger partial charge on any atom is 0.239 e. The van der Waals surface area contributed by atoms with Gasteiger partial charge in [0, 0.05) is 13.6 Å². The number of hydrogen-bond acceptors (Lipinski definition) is 4. The van der Waals surface area contributed by atoms with Crippen molar-refractivity contribution in [1.29, 1.82) is 0 Å². The van der Waals surface area contributed by atoms with E-state index in [0.29, 0.717) is 18.6 Å². The van der Waals surface area contributed by atoms with Crippen LogP contribution >= 0.6 is 0 Å². The molecule has 2 fully saturated rings. The van der Waals surface area contributed by atoms with Crippen molar-refractivity contribution in [2.75, 3.05) is 46.9 Å². The lowest BCUT2D eigenvalue weighted by Crippen LogP contribution is -2.43. The standard InChI is InChI=1S/C21H33N3O2/c1-4-17-7-5-6-8-19(17)26-14-13-23(2)20(25)18-15-21(16-24(18)3)9-11-22-12-10-21/h5-8,18,22H,4,9-16H2,1-3H3/t18-/m1/s1. The third-order valence-electron chi connectivity index (χ3n) is 6.11. The fourth-order valence-corrected chi connectivity index (χ4v) is 4.46. The van der Waals surface area contributed by atoms with Crippen LogP contribution in [-0.2, 0) is 11.2 Å². The van der Waals surface area contributed by atoms with Gasteiger partial charge in [-0.3, -0.25) is 9.69 Å². The predicted molar refractivity (Wildman–Crippen MR) is 105 cm³/mol. The first-order valence-electron chi connectivity index (χ1n) is 9.91. The van der Waals surface area contributed by atoms with E-state index >= 15 is 0 Å². The number of likely N-dealkylation sites (N-methyl/N-ethyl adjacent to an activating group) is 2. The molecule has 3 rings (SSSR count). The summed E-state index contributed by atoms with van der Waals surface area (Å²) >= 11 is 0. The van der Waals surface area contributed by atoms with Crippen LogP contribution in [0, 0.1) is 5.41 Å². The molecule has 0 aliphatic carbocycles. The highest BCUT2D eigenvalue weighted by Crippen LogP contribution is 2.41. The second kappa shape index (κ2) is 8.40. The Morgan fingerprint density at radius 1 is 1.35 bits per heavy atom. The van der Waals surface area contributed by atoms with Gasteiger partial charge in [-0.1, -0.05) is 25.1 Å². The number of hydrogen-bond donors (Lipinski definition) is 1. The molecule has 1 aromatic carbocycles. The molecule has 144 valence electrons. The van der Waals surface area contributed by atoms with E-state index in [1.807, 2.05) is 30.1 Å². The summed E-state index contributed by atoms with van der Waals surface area (Å²) < 4.78 is 5.93. The van der Waals surface area contributed by atoms with Crippen LogP contribution in [0.25, 0.3) is 0 Å². The molecule has 2 saturated heterocycles. The van der Waals surface area contributed by atoms with Crippen LogP contribution in [0.1, 0.15) is 31.7 Å². The van der Waals surface area contributed by atoms with Crippen molar-refractivity contribution in [3.8, 4) is 5.75 Å². The fourth-order valence-electron chi connectivity index (χ4n) is 4.46. The predicted octanol–water partition coefficient (Wildman–Crippen LogP) is 2.16. The van der Waals surface area contributed by atoms with E-state index < -0.39 is 0 Å². The number of piperidine rings is 1. The highest BCUT2D eigenvalue weighted by Gasteiger charge is 2.46. The normalized spacial score (nSPS) is 22.5. The van der Waals surface area contributed by atoms with Crippen LogP contribution < -0.4 is 10.1 Å². The van der Waals surface area contributed by atoms with Gasteiger partial charge in [0.25, 0.3) is 0 Å². The van der Waals surface area contributed by atoms with Crippen molar-refractivity contribution in [2.45, 2.75) is 38.6 Å². The number of aryl methyl sites for hydroxylation is 1. The van der Waals surface area contributed by atoms with Gasteiger partial charge in [0.05, 0.1) is 12.6 Å². The molecular weight excluding hydrogens is 326 g/mol. The first kappa shape index (κ1) is 19.2. The van der Waals surface area contributed by atoms with E-state index in [9.17, 15) is 4.79 Å². The van der Waals surface area contributed by atoms with Crippen molar-refractivity contribution in [3.63, 3.8) is 0 Å². The Kier molecular flexibility index (Phi) is 6.20. The van der Waals surface area contributed by atoms with Crippen LogP contribution in [0.2, 0.25) is 0 Å². The number of rotatable bonds is 6. The third-order valence-corrected chi connectivity index (χ3v) is 6.11. The third kappa shape index (κ3) is 4.21. The second-order valence-corrected chi connectivity index (χ2v) is 7.95. The highest BCUT2D eigenvalue weighted by atomic mass is 16.5. The number of amides is 1. The lowest BCUT2D eigenvalue weighted by molar-refractivity contribution is -0.134. The van der Waals surface area contributed by atoms with Crippen molar-refractivity contribution < 1.29 is 9.53 Å². The molecular formula is C21H33N3O2. The number of likely N-dealkylation sites (tertiary alicyclic amines) is 1. The molecule has 1 N–H and O–H groups in total. The zero-order valence-electron chi connectivity index (χ0n) is 16.5. The maximum atomic E-state index is 13.0. The molecule has 2 aliphatic heterocycles. The number of nitrogens with zero attached hydrogens (tertiary/aromatic N) is 2. The van der Waals surface area contributed by atoms with Crippen LogP contribution in [0.15, 0.2) is 24.3 Å². The van der Waals surface area contributed by atoms with Crippen LogP contribution in [0.3, 0.4) is 0 Å². The van der Waals surface area contributed by atoms with E-state index in [-0.39, 0.29) is 11.9 Å². The molecule has 2 aliphatic rings. The average molecular weight is 360 g/mol. The zero-order chi connectivity index (χ0) is 18.6. The Bertz CT molecular complexity index is 613. The Balaban J connectivity index is 1.51. The lowest BCUT2D eigenvalue weighted by Gasteiger charge is -2.33. The van der Waals surface area contributed by atoms with Crippen LogP contribution in [0.5, 0.6) is 5.75 Å². The van der Waals surface area contributed by atoms with Crippen molar-refractivity contribution in [1.82, 2.24) is 15.1 Å². The SMILES string of the molecule is CCc1ccccc1OCCN(C)C(=O)[C@H]1CC2(CCNCC2)CN1C. The van der Waals surface area contributed by atoms with Crippen molar-refractivity contribution in [3.05, 3.63) is 29.8 Å². The van der Waals surface area contributed by atoms with Crippen molar-refractivity contribution >= 4 is 5.91 Å². The van der Waals surface area contributed by atoms with Crippen molar-refractivity contribution in [2.24, 2.45) is 5.41 Å². The molecule has 2 heterocycles. The van der Waals surface area contributed by atoms with Crippen LogP contribution in [-0.4, -0.2) is 68.6 Å². The van der Waals surface area contributed by atoms with E-state index in [1.54, 1.807) is 0 Å². The van der Waals surface area contributed by atoms with E-state index in [4.69, 9.17) is 4.74 Å². The summed E-state index contributed by atoms with van der Waals surface area (Å²) in [5, 5.41) is 3.44. The minimum Gasteiger partial charge on any atom is -0.491 e. The van der Waals surface area contributed by atoms with E-state index in [2.05, 4.69) is 30.3 Å². The molecule has 0 aromatic heterocycles. The summed E-state index contributed by atoms with van der Waals surface area (Å²) in [4.78, 5) is 17.1. The summed E-state index contributed by atoms with van der Waals surface area (Å²) in [6.45, 7) is 6.48. The van der Waals surface area contributed by atoms with E-state index in [0.717, 1.165) is 38.2 Å². The monoisotopic (exact) mass is 359 g/mol. The maximum absolute atomic E-state index is 13.0. The number of nitrogens with one attached hydrogen (secondary N) is 1. The molecule has 0 unspecified atom stereocenters. The van der Waals surface area contributed by atoms with Crippen LogP contribution in [0.4, 0.5) is 0 Å². The van der Waals surface area contributed by atoms with Gasteiger partial charge in [-0.15, -0.1) is 0 Å². The summed E-state index contributed by atoms with van der Waals surface area (Å²) in [5.74, 6) is 1.16. The number of ether oxygens (including phenoxy) is 1. The first-order chi connectivity index (χ1) is 12.5. The Morgan fingerprint density at radius 3 is 2.81 bits per heavy atom. The lowest BCUT2D eigenvalue weighted by atomic mass is 9.77. The van der Waals surface area contributed by atoms with Gasteiger partial charge in [-0.25, -0.2) is 0 Å². The Morgan fingerprint density at radius 2 is 2.08 bits per heavy atom. The number of para-hydroxylation sites is 1. The first-order valence-corrected chi connectivity index (χ1v) is 9.91. The number of carbonyl (C=O) groups is 1. The molecule has 0 radical (unpaired) electrons. The van der Waals surface area contributed by atoms with Gasteiger partial charge in [0.2, 0.25) is 5.91 Å². The molecule has 1 aromatic rings. The molecule has 1 spiro atoms. The molecule has 0 saturated carbocycles. The molecule has 26 heavy (non-hydrogen) atoms. The second-order valence-electron chi connectivity index (χ2n) is 7.95. The average Bonchev–Trinajstić information content (AvgIpc) is 2.97. The molecule has 1 atom stereocenters. The topological polar surface area (TPSA) is 44.8 Å². The molecule has 5 nitrogen and oxygen atoms in total. The quantitative estimate of drug-likeness (QED) is 0.845. The largest absolute Gasteiger partial charge is 0.491 e. The van der Waals surface area contributed by atoms with Gasteiger partial charge in [0.1, 0.15) is 12.4 Å². The molecule has 0 bridgehead atoms. The molecule has 1 amide bonds. The fraction of sp³-hybridized carbons (Fsp3) is 0.667. The Hall–Kier alpha value is -1.59. The Labute approximate surface area is 157 Å². The smallest absolute Gasteiger partial charge is 0.239 e. The minimum absolute atomic E-state index is 0.0148. The van der Waals surface area contributed by atoms with E-state index in [1.165, 1.54) is 18.4 Å². The molecule has 5 heteroatoms. The minimum atomic E-state index is 0.0148. The number of benzene rings is 1. The summed E-state index contributed by atoms with van der Waals surface area (Å²) in [5.41, 5.74) is 1.54.